The van der Waals surface area contributed by atoms with Gasteiger partial charge in [0.1, 0.15) is 0 Å². The van der Waals surface area contributed by atoms with E-state index in [4.69, 9.17) is 5.73 Å². The van der Waals surface area contributed by atoms with E-state index in [-0.39, 0.29) is 5.92 Å². The van der Waals surface area contributed by atoms with E-state index in [2.05, 4.69) is 4.99 Å². The molecule has 0 aromatic heterocycles. The fourth-order valence-electron chi connectivity index (χ4n) is 1.96. The molecule has 0 spiro atoms. The van der Waals surface area contributed by atoms with E-state index in [0.717, 1.165) is 25.7 Å². The molecule has 1 aliphatic carbocycles. The molecule has 1 atom stereocenters. The molecule has 1 fully saturated rings. The lowest BCUT2D eigenvalue weighted by Crippen LogP contribution is -2.25. The molecular formula is C10H17F3N2. The summed E-state index contributed by atoms with van der Waals surface area (Å²) in [6.45, 7) is 1.45. The maximum Gasteiger partial charge on any atom is 0.391 e. The lowest BCUT2D eigenvalue weighted by molar-refractivity contribution is -0.137. The summed E-state index contributed by atoms with van der Waals surface area (Å²) in [5.74, 6) is 0.616. The first kappa shape index (κ1) is 12.3. The molecule has 1 unspecified atom stereocenters. The molecule has 0 aromatic rings. The number of hydrogen-bond donors (Lipinski definition) is 1. The van der Waals surface area contributed by atoms with Crippen molar-refractivity contribution in [1.29, 1.82) is 0 Å². The molecule has 0 amide bonds. The molecule has 1 rings (SSSR count). The highest BCUT2D eigenvalue weighted by Gasteiger charge is 2.30. The Morgan fingerprint density at radius 2 is 1.93 bits per heavy atom. The molecule has 0 radical (unpaired) electrons. The second-order valence-electron chi connectivity index (χ2n) is 4.20. The minimum absolute atomic E-state index is 0.209. The quantitative estimate of drug-likeness (QED) is 0.578. The number of halogens is 3. The molecule has 2 N–H and O–H groups in total. The van der Waals surface area contributed by atoms with Crippen LogP contribution in [0.2, 0.25) is 0 Å². The van der Waals surface area contributed by atoms with Gasteiger partial charge in [-0.25, -0.2) is 0 Å². The third-order valence-corrected chi connectivity index (χ3v) is 2.67. The highest BCUT2D eigenvalue weighted by molar-refractivity contribution is 5.83. The van der Waals surface area contributed by atoms with Crippen LogP contribution < -0.4 is 5.73 Å². The van der Waals surface area contributed by atoms with Gasteiger partial charge in [-0.05, 0) is 19.8 Å². The first-order valence-corrected chi connectivity index (χ1v) is 5.28. The number of nitrogens with zero attached hydrogens (tertiary/aromatic N) is 1. The first-order chi connectivity index (χ1) is 6.88. The predicted octanol–water partition coefficient (Wildman–Crippen LogP) is 2.87. The summed E-state index contributed by atoms with van der Waals surface area (Å²) in [5, 5.41) is 0. The molecule has 1 aliphatic rings. The van der Waals surface area contributed by atoms with Crippen LogP contribution in [0.4, 0.5) is 13.2 Å². The van der Waals surface area contributed by atoms with Gasteiger partial charge in [0, 0.05) is 5.92 Å². The highest BCUT2D eigenvalue weighted by atomic mass is 19.4. The number of rotatable bonds is 3. The monoisotopic (exact) mass is 222 g/mol. The maximum absolute atomic E-state index is 12.0. The summed E-state index contributed by atoms with van der Waals surface area (Å²) in [5.41, 5.74) is 5.68. The SMILES string of the molecule is CC(CC(F)(F)F)N=C(N)C1CCCC1. The van der Waals surface area contributed by atoms with Crippen molar-refractivity contribution < 1.29 is 13.2 Å². The Labute approximate surface area is 87.7 Å². The summed E-state index contributed by atoms with van der Waals surface area (Å²) >= 11 is 0. The van der Waals surface area contributed by atoms with Crippen LogP contribution in [-0.2, 0) is 0 Å². The van der Waals surface area contributed by atoms with Gasteiger partial charge in [-0.15, -0.1) is 0 Å². The molecular weight excluding hydrogens is 205 g/mol. The maximum atomic E-state index is 12.0. The van der Waals surface area contributed by atoms with Gasteiger partial charge in [-0.1, -0.05) is 12.8 Å². The lowest BCUT2D eigenvalue weighted by Gasteiger charge is -2.13. The predicted molar refractivity (Wildman–Crippen MR) is 53.7 cm³/mol. The molecule has 15 heavy (non-hydrogen) atoms. The summed E-state index contributed by atoms with van der Waals surface area (Å²) in [7, 11) is 0. The standard InChI is InChI=1S/C10H17F3N2/c1-7(6-10(11,12)13)15-9(14)8-4-2-3-5-8/h7-8H,2-6H2,1H3,(H2,14,15). The van der Waals surface area contributed by atoms with E-state index in [1.165, 1.54) is 6.92 Å². The molecule has 88 valence electrons. The van der Waals surface area contributed by atoms with Gasteiger partial charge < -0.3 is 5.73 Å². The van der Waals surface area contributed by atoms with Crippen molar-refractivity contribution in [3.63, 3.8) is 0 Å². The normalized spacial score (nSPS) is 22.0. The van der Waals surface area contributed by atoms with Crippen LogP contribution in [0, 0.1) is 5.92 Å². The fraction of sp³-hybridized carbons (Fsp3) is 0.900. The minimum atomic E-state index is -4.15. The Morgan fingerprint density at radius 1 is 1.40 bits per heavy atom. The van der Waals surface area contributed by atoms with Crippen LogP contribution in [0.5, 0.6) is 0 Å². The molecule has 5 heteroatoms. The molecule has 0 bridgehead atoms. The van der Waals surface area contributed by atoms with Gasteiger partial charge in [0.2, 0.25) is 0 Å². The van der Waals surface area contributed by atoms with Crippen molar-refractivity contribution >= 4 is 5.84 Å². The number of hydrogen-bond acceptors (Lipinski definition) is 1. The third-order valence-electron chi connectivity index (χ3n) is 2.67. The Morgan fingerprint density at radius 3 is 2.40 bits per heavy atom. The van der Waals surface area contributed by atoms with Crippen molar-refractivity contribution in [2.45, 2.75) is 51.2 Å². The molecule has 2 nitrogen and oxygen atoms in total. The zero-order chi connectivity index (χ0) is 11.5. The van der Waals surface area contributed by atoms with Crippen LogP contribution in [0.25, 0.3) is 0 Å². The molecule has 0 aliphatic heterocycles. The van der Waals surface area contributed by atoms with E-state index in [0.29, 0.717) is 5.84 Å². The molecule has 1 saturated carbocycles. The van der Waals surface area contributed by atoms with E-state index in [1.54, 1.807) is 0 Å². The van der Waals surface area contributed by atoms with Crippen molar-refractivity contribution in [3.8, 4) is 0 Å². The second kappa shape index (κ2) is 4.86. The van der Waals surface area contributed by atoms with E-state index in [9.17, 15) is 13.2 Å². The Bertz CT molecular complexity index is 229. The van der Waals surface area contributed by atoms with E-state index in [1.807, 2.05) is 0 Å². The van der Waals surface area contributed by atoms with Crippen LogP contribution in [0.1, 0.15) is 39.0 Å². The Hall–Kier alpha value is -0.740. The Balaban J connectivity index is 2.46. The lowest BCUT2D eigenvalue weighted by atomic mass is 10.1. The van der Waals surface area contributed by atoms with E-state index >= 15 is 0 Å². The van der Waals surface area contributed by atoms with Gasteiger partial charge in [-0.2, -0.15) is 13.2 Å². The van der Waals surface area contributed by atoms with Crippen LogP contribution >= 0.6 is 0 Å². The fourth-order valence-corrected chi connectivity index (χ4v) is 1.96. The number of nitrogens with two attached hydrogens (primary N) is 1. The summed E-state index contributed by atoms with van der Waals surface area (Å²) in [6, 6.07) is -0.759. The smallest absolute Gasteiger partial charge is 0.387 e. The van der Waals surface area contributed by atoms with Crippen molar-refractivity contribution in [2.75, 3.05) is 0 Å². The summed E-state index contributed by atoms with van der Waals surface area (Å²) in [6.07, 6.45) is -0.898. The average Bonchev–Trinajstić information content (AvgIpc) is 2.50. The van der Waals surface area contributed by atoms with Gasteiger partial charge in [0.15, 0.2) is 0 Å². The van der Waals surface area contributed by atoms with Crippen molar-refractivity contribution in [3.05, 3.63) is 0 Å². The molecule has 0 heterocycles. The highest BCUT2D eigenvalue weighted by Crippen LogP contribution is 2.26. The number of amidine groups is 1. The first-order valence-electron chi connectivity index (χ1n) is 5.28. The van der Waals surface area contributed by atoms with Gasteiger partial charge >= 0.3 is 6.18 Å². The third kappa shape index (κ3) is 4.53. The largest absolute Gasteiger partial charge is 0.391 e. The minimum Gasteiger partial charge on any atom is -0.387 e. The zero-order valence-corrected chi connectivity index (χ0v) is 8.85. The van der Waals surface area contributed by atoms with Crippen LogP contribution in [0.3, 0.4) is 0 Å². The topological polar surface area (TPSA) is 38.4 Å². The molecule has 0 aromatic carbocycles. The van der Waals surface area contributed by atoms with Crippen molar-refractivity contribution in [1.82, 2.24) is 0 Å². The average molecular weight is 222 g/mol. The van der Waals surface area contributed by atoms with Crippen molar-refractivity contribution in [2.24, 2.45) is 16.6 Å². The van der Waals surface area contributed by atoms with Gasteiger partial charge in [-0.3, -0.25) is 4.99 Å². The van der Waals surface area contributed by atoms with E-state index < -0.39 is 18.6 Å². The van der Waals surface area contributed by atoms with Crippen LogP contribution in [-0.4, -0.2) is 18.1 Å². The molecule has 0 saturated heterocycles. The Kier molecular flexibility index (Phi) is 3.99. The van der Waals surface area contributed by atoms with Crippen LogP contribution in [0.15, 0.2) is 4.99 Å². The second-order valence-corrected chi connectivity index (χ2v) is 4.20. The van der Waals surface area contributed by atoms with Gasteiger partial charge in [0.25, 0.3) is 0 Å². The summed E-state index contributed by atoms with van der Waals surface area (Å²) < 4.78 is 36.1. The number of aliphatic imine (C=N–C) groups is 1. The summed E-state index contributed by atoms with van der Waals surface area (Å²) in [4.78, 5) is 3.92. The zero-order valence-electron chi connectivity index (χ0n) is 8.85. The number of alkyl halides is 3. The van der Waals surface area contributed by atoms with Gasteiger partial charge in [0.05, 0.1) is 18.3 Å².